The number of hydrogen-bond acceptors (Lipinski definition) is 4. The molecule has 0 atom stereocenters. The van der Waals surface area contributed by atoms with Gasteiger partial charge in [-0.25, -0.2) is 9.98 Å². The molecule has 0 fully saturated rings. The van der Waals surface area contributed by atoms with E-state index < -0.39 is 11.9 Å². The summed E-state index contributed by atoms with van der Waals surface area (Å²) in [4.78, 5) is 10.5. The van der Waals surface area contributed by atoms with E-state index in [-0.39, 0.29) is 30.5 Å². The average molecular weight is 539 g/mol. The second-order valence-corrected chi connectivity index (χ2v) is 7.60. The van der Waals surface area contributed by atoms with Gasteiger partial charge in [-0.3, -0.25) is 0 Å². The summed E-state index contributed by atoms with van der Waals surface area (Å²) >= 11 is 0.986. The van der Waals surface area contributed by atoms with Gasteiger partial charge in [-0.05, 0) is 37.0 Å². The Balaban J connectivity index is 0.00000300. The van der Waals surface area contributed by atoms with Crippen LogP contribution in [0.4, 0.5) is 18.9 Å². The standard InChI is InChI=1S/C19H24F3N5S.HI/c1-3-23-18(25-11-17-26-16(12-28-17)19(20,21)22)24-10-13-6-7-15-14(9-13)5-4-8-27(15)2;/h6-7,9,12H,3-5,8,10-11H2,1-2H3,(H2,23,24,25);1H. The molecule has 2 heterocycles. The van der Waals surface area contributed by atoms with Crippen molar-refractivity contribution in [3.05, 3.63) is 45.4 Å². The second-order valence-electron chi connectivity index (χ2n) is 6.66. The Kier molecular flexibility index (Phi) is 8.56. The zero-order chi connectivity index (χ0) is 20.1. The predicted octanol–water partition coefficient (Wildman–Crippen LogP) is 4.42. The van der Waals surface area contributed by atoms with Crippen molar-refractivity contribution in [2.75, 3.05) is 25.0 Å². The van der Waals surface area contributed by atoms with Crippen molar-refractivity contribution in [2.45, 2.75) is 39.0 Å². The largest absolute Gasteiger partial charge is 0.434 e. The highest BCUT2D eigenvalue weighted by Crippen LogP contribution is 2.30. The first-order valence-corrected chi connectivity index (χ1v) is 10.1. The van der Waals surface area contributed by atoms with Crippen molar-refractivity contribution in [1.82, 2.24) is 15.6 Å². The summed E-state index contributed by atoms with van der Waals surface area (Å²) in [6.45, 7) is 4.37. The molecule has 0 saturated carbocycles. The van der Waals surface area contributed by atoms with Crippen molar-refractivity contribution < 1.29 is 13.2 Å². The molecule has 0 amide bonds. The summed E-state index contributed by atoms with van der Waals surface area (Å²) in [5, 5.41) is 7.57. The molecule has 10 heteroatoms. The summed E-state index contributed by atoms with van der Waals surface area (Å²) in [7, 11) is 2.10. The lowest BCUT2D eigenvalue weighted by molar-refractivity contribution is -0.140. The molecule has 2 N–H and O–H groups in total. The van der Waals surface area contributed by atoms with Crippen LogP contribution in [0, 0.1) is 0 Å². The smallest absolute Gasteiger partial charge is 0.374 e. The van der Waals surface area contributed by atoms with Crippen LogP contribution in [-0.4, -0.2) is 31.1 Å². The highest BCUT2D eigenvalue weighted by Gasteiger charge is 2.33. The molecule has 0 saturated heterocycles. The van der Waals surface area contributed by atoms with Gasteiger partial charge >= 0.3 is 6.18 Å². The molecule has 1 aromatic carbocycles. The van der Waals surface area contributed by atoms with Crippen LogP contribution in [-0.2, 0) is 25.7 Å². The molecule has 0 spiro atoms. The monoisotopic (exact) mass is 539 g/mol. The second kappa shape index (κ2) is 10.5. The number of anilines is 1. The molecule has 1 aliphatic heterocycles. The predicted molar refractivity (Wildman–Crippen MR) is 122 cm³/mol. The minimum absolute atomic E-state index is 0. The third-order valence-corrected chi connectivity index (χ3v) is 5.36. The molecule has 0 radical (unpaired) electrons. The first-order chi connectivity index (χ1) is 13.4. The maximum absolute atomic E-state index is 12.7. The fraction of sp³-hybridized carbons (Fsp3) is 0.474. The normalized spacial score (nSPS) is 14.2. The molecule has 160 valence electrons. The van der Waals surface area contributed by atoms with Crippen LogP contribution in [0.5, 0.6) is 0 Å². The van der Waals surface area contributed by atoms with Gasteiger partial charge in [0.2, 0.25) is 0 Å². The lowest BCUT2D eigenvalue weighted by atomic mass is 10.00. The van der Waals surface area contributed by atoms with E-state index in [1.165, 1.54) is 11.3 Å². The Morgan fingerprint density at radius 2 is 2.10 bits per heavy atom. The lowest BCUT2D eigenvalue weighted by Gasteiger charge is -2.27. The maximum atomic E-state index is 12.7. The molecule has 1 aliphatic rings. The van der Waals surface area contributed by atoms with E-state index in [1.54, 1.807) is 0 Å². The van der Waals surface area contributed by atoms with E-state index in [9.17, 15) is 13.2 Å². The number of aromatic nitrogens is 1. The number of aliphatic imine (C=N–C) groups is 1. The number of alkyl halides is 3. The summed E-state index contributed by atoms with van der Waals surface area (Å²) in [6, 6.07) is 6.40. The Labute approximate surface area is 189 Å². The van der Waals surface area contributed by atoms with Gasteiger partial charge in [-0.15, -0.1) is 35.3 Å². The van der Waals surface area contributed by atoms with Gasteiger partial charge in [0.05, 0.1) is 13.1 Å². The Bertz CT molecular complexity index is 837. The fourth-order valence-corrected chi connectivity index (χ4v) is 3.87. The fourth-order valence-electron chi connectivity index (χ4n) is 3.13. The number of thiazole rings is 1. The number of fused-ring (bicyclic) bond motifs is 1. The van der Waals surface area contributed by atoms with Gasteiger partial charge in [0, 0.05) is 31.2 Å². The number of rotatable bonds is 5. The number of hydrogen-bond donors (Lipinski definition) is 2. The SMILES string of the molecule is CCNC(=NCc1ccc2c(c1)CCCN2C)NCc1nc(C(F)(F)F)cs1.I. The summed E-state index contributed by atoms with van der Waals surface area (Å²) < 4.78 is 38.0. The third-order valence-electron chi connectivity index (χ3n) is 4.51. The Hall–Kier alpha value is -1.56. The van der Waals surface area contributed by atoms with E-state index in [4.69, 9.17) is 0 Å². The lowest BCUT2D eigenvalue weighted by Crippen LogP contribution is -2.36. The summed E-state index contributed by atoms with van der Waals surface area (Å²) in [6.07, 6.45) is -2.19. The van der Waals surface area contributed by atoms with Crippen LogP contribution in [0.15, 0.2) is 28.6 Å². The molecule has 29 heavy (non-hydrogen) atoms. The quantitative estimate of drug-likeness (QED) is 0.336. The molecular formula is C19H25F3IN5S. The zero-order valence-electron chi connectivity index (χ0n) is 16.3. The molecule has 0 aliphatic carbocycles. The topological polar surface area (TPSA) is 52.6 Å². The van der Waals surface area contributed by atoms with Crippen molar-refractivity contribution in [1.29, 1.82) is 0 Å². The van der Waals surface area contributed by atoms with Crippen LogP contribution in [0.3, 0.4) is 0 Å². The van der Waals surface area contributed by atoms with Crippen molar-refractivity contribution in [3.8, 4) is 0 Å². The van der Waals surface area contributed by atoms with Gasteiger partial charge in [-0.1, -0.05) is 12.1 Å². The van der Waals surface area contributed by atoms with Crippen molar-refractivity contribution >= 4 is 47.0 Å². The van der Waals surface area contributed by atoms with E-state index in [0.29, 0.717) is 24.1 Å². The molecule has 1 aromatic heterocycles. The van der Waals surface area contributed by atoms with Crippen LogP contribution in [0.2, 0.25) is 0 Å². The van der Waals surface area contributed by atoms with Crippen molar-refractivity contribution in [2.24, 2.45) is 4.99 Å². The van der Waals surface area contributed by atoms with Gasteiger partial charge < -0.3 is 15.5 Å². The maximum Gasteiger partial charge on any atom is 0.434 e. The third kappa shape index (κ3) is 6.46. The first kappa shape index (κ1) is 23.7. The van der Waals surface area contributed by atoms with Crippen LogP contribution in [0.25, 0.3) is 0 Å². The number of nitrogens with zero attached hydrogens (tertiary/aromatic N) is 3. The molecule has 0 unspecified atom stereocenters. The first-order valence-electron chi connectivity index (χ1n) is 9.23. The molecular weight excluding hydrogens is 514 g/mol. The van der Waals surface area contributed by atoms with Crippen molar-refractivity contribution in [3.63, 3.8) is 0 Å². The van der Waals surface area contributed by atoms with Gasteiger partial charge in [0.25, 0.3) is 0 Å². The zero-order valence-corrected chi connectivity index (χ0v) is 19.5. The number of guanidine groups is 1. The highest BCUT2D eigenvalue weighted by molar-refractivity contribution is 14.0. The summed E-state index contributed by atoms with van der Waals surface area (Å²) in [5.74, 6) is 0.557. The van der Waals surface area contributed by atoms with E-state index in [1.807, 2.05) is 6.92 Å². The molecule has 3 rings (SSSR count). The Morgan fingerprint density at radius 3 is 2.79 bits per heavy atom. The van der Waals surface area contributed by atoms with Crippen LogP contribution in [0.1, 0.15) is 35.2 Å². The molecule has 2 aromatic rings. The number of halogens is 4. The minimum atomic E-state index is -4.41. The van der Waals surface area contributed by atoms with Gasteiger partial charge in [0.1, 0.15) is 5.01 Å². The minimum Gasteiger partial charge on any atom is -0.374 e. The average Bonchev–Trinajstić information content (AvgIpc) is 3.14. The highest BCUT2D eigenvalue weighted by atomic mass is 127. The number of aryl methyl sites for hydroxylation is 1. The summed E-state index contributed by atoms with van der Waals surface area (Å²) in [5.41, 5.74) is 2.87. The van der Waals surface area contributed by atoms with Gasteiger partial charge in [-0.2, -0.15) is 13.2 Å². The van der Waals surface area contributed by atoms with Crippen LogP contribution < -0.4 is 15.5 Å². The van der Waals surface area contributed by atoms with E-state index in [2.05, 4.69) is 50.8 Å². The van der Waals surface area contributed by atoms with E-state index in [0.717, 1.165) is 41.7 Å². The number of benzene rings is 1. The Morgan fingerprint density at radius 1 is 1.31 bits per heavy atom. The van der Waals surface area contributed by atoms with E-state index >= 15 is 0 Å². The molecule has 5 nitrogen and oxygen atoms in total. The molecule has 0 bridgehead atoms. The van der Waals surface area contributed by atoms with Gasteiger partial charge in [0.15, 0.2) is 11.7 Å². The van der Waals surface area contributed by atoms with Crippen LogP contribution >= 0.6 is 35.3 Å². The number of nitrogens with one attached hydrogen (secondary N) is 2.